The van der Waals surface area contributed by atoms with Crippen LogP contribution in [0.3, 0.4) is 0 Å². The van der Waals surface area contributed by atoms with Gasteiger partial charge in [-0.05, 0) is 48.7 Å². The van der Waals surface area contributed by atoms with Gasteiger partial charge in [-0.3, -0.25) is 0 Å². The average molecular weight is 295 g/mol. The van der Waals surface area contributed by atoms with Crippen LogP contribution in [0.1, 0.15) is 42.6 Å². The molecule has 3 aromatic rings. The molecule has 3 nitrogen and oxygen atoms in total. The van der Waals surface area contributed by atoms with Gasteiger partial charge in [-0.15, -0.1) is 0 Å². The number of carbonyl (C=O) groups excluding carboxylic acids is 1. The molecule has 0 aliphatic carbocycles. The molecule has 0 bridgehead atoms. The van der Waals surface area contributed by atoms with Crippen molar-refractivity contribution in [2.45, 2.75) is 33.1 Å². The SMILES string of the molecule is CCCOC(=O)c1ccc2[nH]c3ccc(CCC)cc3c2c1. The third kappa shape index (κ3) is 2.71. The van der Waals surface area contributed by atoms with Crippen molar-refractivity contribution in [3.05, 3.63) is 47.5 Å². The monoisotopic (exact) mass is 295 g/mol. The summed E-state index contributed by atoms with van der Waals surface area (Å²) in [4.78, 5) is 15.4. The quantitative estimate of drug-likeness (QED) is 0.684. The van der Waals surface area contributed by atoms with Crippen LogP contribution in [0.25, 0.3) is 21.8 Å². The minimum Gasteiger partial charge on any atom is -0.462 e. The molecule has 114 valence electrons. The molecule has 22 heavy (non-hydrogen) atoms. The highest BCUT2D eigenvalue weighted by Crippen LogP contribution is 2.27. The van der Waals surface area contributed by atoms with Crippen molar-refractivity contribution in [2.75, 3.05) is 6.61 Å². The molecule has 1 aromatic heterocycles. The molecule has 0 spiro atoms. The van der Waals surface area contributed by atoms with E-state index in [9.17, 15) is 4.79 Å². The van der Waals surface area contributed by atoms with Crippen molar-refractivity contribution < 1.29 is 9.53 Å². The number of H-pyrrole nitrogens is 1. The van der Waals surface area contributed by atoms with Crippen molar-refractivity contribution >= 4 is 27.8 Å². The summed E-state index contributed by atoms with van der Waals surface area (Å²) in [6.07, 6.45) is 3.03. The lowest BCUT2D eigenvalue weighted by Gasteiger charge is -2.03. The van der Waals surface area contributed by atoms with Gasteiger partial charge in [-0.2, -0.15) is 0 Å². The van der Waals surface area contributed by atoms with E-state index in [2.05, 4.69) is 30.1 Å². The molecule has 0 saturated heterocycles. The first kappa shape index (κ1) is 14.6. The third-order valence-corrected chi connectivity index (χ3v) is 3.87. The number of aromatic nitrogens is 1. The van der Waals surface area contributed by atoms with E-state index in [1.165, 1.54) is 10.9 Å². The summed E-state index contributed by atoms with van der Waals surface area (Å²) >= 11 is 0. The Morgan fingerprint density at radius 2 is 1.73 bits per heavy atom. The molecule has 0 fully saturated rings. The van der Waals surface area contributed by atoms with E-state index in [0.717, 1.165) is 35.7 Å². The second-order valence-corrected chi connectivity index (χ2v) is 5.65. The molecular weight excluding hydrogens is 274 g/mol. The molecule has 0 amide bonds. The number of carbonyl (C=O) groups is 1. The lowest BCUT2D eigenvalue weighted by Crippen LogP contribution is -2.05. The van der Waals surface area contributed by atoms with Crippen LogP contribution in [0.2, 0.25) is 0 Å². The van der Waals surface area contributed by atoms with Crippen molar-refractivity contribution in [3.63, 3.8) is 0 Å². The molecule has 0 aliphatic rings. The fourth-order valence-corrected chi connectivity index (χ4v) is 2.79. The number of nitrogens with one attached hydrogen (secondary N) is 1. The molecule has 0 atom stereocenters. The topological polar surface area (TPSA) is 42.1 Å². The summed E-state index contributed by atoms with van der Waals surface area (Å²) in [7, 11) is 0. The molecule has 1 heterocycles. The highest BCUT2D eigenvalue weighted by molar-refractivity contribution is 6.09. The Labute approximate surface area is 130 Å². The number of aryl methyl sites for hydroxylation is 1. The first-order chi connectivity index (χ1) is 10.7. The second kappa shape index (κ2) is 6.22. The molecule has 0 saturated carbocycles. The van der Waals surface area contributed by atoms with E-state index in [1.807, 2.05) is 25.1 Å². The van der Waals surface area contributed by atoms with Gasteiger partial charge in [-0.1, -0.05) is 26.3 Å². The van der Waals surface area contributed by atoms with E-state index in [0.29, 0.717) is 12.2 Å². The number of hydrogen-bond donors (Lipinski definition) is 1. The third-order valence-electron chi connectivity index (χ3n) is 3.87. The van der Waals surface area contributed by atoms with Gasteiger partial charge in [0, 0.05) is 21.8 Å². The first-order valence-electron chi connectivity index (χ1n) is 7.94. The predicted molar refractivity (Wildman–Crippen MR) is 90.4 cm³/mol. The maximum Gasteiger partial charge on any atom is 0.338 e. The summed E-state index contributed by atoms with van der Waals surface area (Å²) in [5.41, 5.74) is 4.10. The van der Waals surface area contributed by atoms with E-state index in [-0.39, 0.29) is 5.97 Å². The standard InChI is InChI=1S/C19H21NO2/c1-3-5-13-6-8-17-15(11-13)16-12-14(7-9-18(16)20-17)19(21)22-10-4-2/h6-9,11-12,20H,3-5,10H2,1-2H3. The molecule has 1 N–H and O–H groups in total. The summed E-state index contributed by atoms with van der Waals surface area (Å²) < 4.78 is 5.23. The van der Waals surface area contributed by atoms with Gasteiger partial charge in [0.05, 0.1) is 12.2 Å². The van der Waals surface area contributed by atoms with E-state index < -0.39 is 0 Å². The first-order valence-corrected chi connectivity index (χ1v) is 7.94. The van der Waals surface area contributed by atoms with Gasteiger partial charge in [0.15, 0.2) is 0 Å². The summed E-state index contributed by atoms with van der Waals surface area (Å²) in [5.74, 6) is -0.247. The van der Waals surface area contributed by atoms with Crippen LogP contribution in [0, 0.1) is 0 Å². The predicted octanol–water partition coefficient (Wildman–Crippen LogP) is 4.84. The number of aromatic amines is 1. The van der Waals surface area contributed by atoms with Crippen LogP contribution in [0.15, 0.2) is 36.4 Å². The Balaban J connectivity index is 2.06. The van der Waals surface area contributed by atoms with Crippen LogP contribution in [-0.4, -0.2) is 17.6 Å². The Kier molecular flexibility index (Phi) is 4.14. The number of ether oxygens (including phenoxy) is 1. The minimum absolute atomic E-state index is 0.247. The second-order valence-electron chi connectivity index (χ2n) is 5.65. The Morgan fingerprint density at radius 1 is 1.00 bits per heavy atom. The van der Waals surface area contributed by atoms with Gasteiger partial charge in [0.1, 0.15) is 0 Å². The molecular formula is C19H21NO2. The molecule has 0 aliphatic heterocycles. The Bertz CT molecular complexity index is 817. The van der Waals surface area contributed by atoms with Crippen LogP contribution >= 0.6 is 0 Å². The van der Waals surface area contributed by atoms with Crippen LogP contribution in [0.5, 0.6) is 0 Å². The fraction of sp³-hybridized carbons (Fsp3) is 0.316. The van der Waals surface area contributed by atoms with E-state index in [4.69, 9.17) is 4.74 Å². The van der Waals surface area contributed by atoms with Gasteiger partial charge in [-0.25, -0.2) is 4.79 Å². The molecule has 3 heteroatoms. The van der Waals surface area contributed by atoms with Gasteiger partial charge in [0.25, 0.3) is 0 Å². The zero-order valence-electron chi connectivity index (χ0n) is 13.1. The van der Waals surface area contributed by atoms with Gasteiger partial charge >= 0.3 is 5.97 Å². The van der Waals surface area contributed by atoms with Gasteiger partial charge < -0.3 is 9.72 Å². The smallest absolute Gasteiger partial charge is 0.338 e. The fourth-order valence-electron chi connectivity index (χ4n) is 2.79. The van der Waals surface area contributed by atoms with E-state index >= 15 is 0 Å². The molecule has 0 radical (unpaired) electrons. The maximum atomic E-state index is 12.0. The van der Waals surface area contributed by atoms with Crippen LogP contribution in [-0.2, 0) is 11.2 Å². The minimum atomic E-state index is -0.247. The number of rotatable bonds is 5. The lowest BCUT2D eigenvalue weighted by atomic mass is 10.0. The van der Waals surface area contributed by atoms with Crippen LogP contribution < -0.4 is 0 Å². The Morgan fingerprint density at radius 3 is 2.45 bits per heavy atom. The Hall–Kier alpha value is -2.29. The molecule has 3 rings (SSSR count). The highest BCUT2D eigenvalue weighted by atomic mass is 16.5. The van der Waals surface area contributed by atoms with E-state index in [1.54, 1.807) is 0 Å². The lowest BCUT2D eigenvalue weighted by molar-refractivity contribution is 0.0505. The van der Waals surface area contributed by atoms with Crippen molar-refractivity contribution in [3.8, 4) is 0 Å². The number of benzene rings is 2. The molecule has 0 unspecified atom stereocenters. The van der Waals surface area contributed by atoms with Crippen molar-refractivity contribution in [2.24, 2.45) is 0 Å². The average Bonchev–Trinajstić information content (AvgIpc) is 2.90. The maximum absolute atomic E-state index is 12.0. The highest BCUT2D eigenvalue weighted by Gasteiger charge is 2.11. The van der Waals surface area contributed by atoms with Crippen molar-refractivity contribution in [1.82, 2.24) is 4.98 Å². The zero-order chi connectivity index (χ0) is 15.5. The summed E-state index contributed by atoms with van der Waals surface area (Å²) in [5, 5.41) is 2.25. The summed E-state index contributed by atoms with van der Waals surface area (Å²) in [6, 6.07) is 12.2. The van der Waals surface area contributed by atoms with Crippen LogP contribution in [0.4, 0.5) is 0 Å². The normalized spacial score (nSPS) is 11.2. The largest absolute Gasteiger partial charge is 0.462 e. The number of hydrogen-bond acceptors (Lipinski definition) is 2. The number of fused-ring (bicyclic) bond motifs is 3. The van der Waals surface area contributed by atoms with Gasteiger partial charge in [0.2, 0.25) is 0 Å². The molecule has 2 aromatic carbocycles. The number of esters is 1. The summed E-state index contributed by atoms with van der Waals surface area (Å²) in [6.45, 7) is 4.64. The van der Waals surface area contributed by atoms with Crippen molar-refractivity contribution in [1.29, 1.82) is 0 Å². The zero-order valence-corrected chi connectivity index (χ0v) is 13.1.